The van der Waals surface area contributed by atoms with Crippen molar-refractivity contribution in [2.45, 2.75) is 157 Å². The number of aryl methyl sites for hydroxylation is 2. The summed E-state index contributed by atoms with van der Waals surface area (Å²) in [5.74, 6) is -1.71. The highest BCUT2D eigenvalue weighted by atomic mass is 32.2. The summed E-state index contributed by atoms with van der Waals surface area (Å²) in [6.07, 6.45) is 0.339. The summed E-state index contributed by atoms with van der Waals surface area (Å²) >= 11 is 0. The summed E-state index contributed by atoms with van der Waals surface area (Å²) in [7, 11) is -4.01. The van der Waals surface area contributed by atoms with Gasteiger partial charge >= 0.3 is 11.9 Å². The van der Waals surface area contributed by atoms with Gasteiger partial charge in [0.2, 0.25) is 0 Å². The number of phenolic OH excluding ortho intramolecular Hbond substituents is 2. The molecule has 8 nitrogen and oxygen atoms in total. The zero-order valence-corrected chi connectivity index (χ0v) is 33.3. The predicted molar refractivity (Wildman–Crippen MR) is 197 cm³/mol. The first-order valence-corrected chi connectivity index (χ1v) is 19.2. The zero-order valence-electron chi connectivity index (χ0n) is 32.5. The van der Waals surface area contributed by atoms with E-state index in [0.717, 1.165) is 22.3 Å². The molecule has 276 valence electrons. The summed E-state index contributed by atoms with van der Waals surface area (Å²) in [5.41, 5.74) is 5.44. The Morgan fingerprint density at radius 1 is 0.673 bits per heavy atom. The number of aromatic hydroxyl groups is 2. The highest BCUT2D eigenvalue weighted by Gasteiger charge is 2.42. The number of carbonyl (C=O) groups is 2. The topological polar surface area (TPSA) is 127 Å². The van der Waals surface area contributed by atoms with Gasteiger partial charge in [-0.15, -0.1) is 0 Å². The molecule has 0 saturated heterocycles. The Morgan fingerprint density at radius 2 is 0.980 bits per heavy atom. The first-order chi connectivity index (χ1) is 22.4. The third-order valence-corrected chi connectivity index (χ3v) is 13.3. The quantitative estimate of drug-likeness (QED) is 0.187. The van der Waals surface area contributed by atoms with Crippen LogP contribution in [0.1, 0.15) is 139 Å². The number of ether oxygens (including phenoxy) is 2. The summed E-state index contributed by atoms with van der Waals surface area (Å²) in [4.78, 5) is 26.6. The fourth-order valence-corrected chi connectivity index (χ4v) is 9.26. The van der Waals surface area contributed by atoms with Crippen molar-refractivity contribution in [1.82, 2.24) is 0 Å². The van der Waals surface area contributed by atoms with E-state index in [4.69, 9.17) is 9.47 Å². The van der Waals surface area contributed by atoms with E-state index in [0.29, 0.717) is 35.1 Å². The molecule has 0 aromatic heterocycles. The maximum Gasteiger partial charge on any atom is 0.307 e. The van der Waals surface area contributed by atoms with Gasteiger partial charge in [0, 0.05) is 0 Å². The molecule has 4 atom stereocenters. The van der Waals surface area contributed by atoms with E-state index in [1.165, 1.54) is 0 Å². The predicted octanol–water partition coefficient (Wildman–Crippen LogP) is 8.74. The minimum Gasteiger partial charge on any atom is -0.507 e. The standard InChI is InChI=1S/C40H62O8S/c1-15-23(3)33(19-35(41)47-21-29-25(5)17-31(39(9,10)11)37(43)27(29)7)49(45,46)34(24(4)16-2)20-36(42)48-22-30-26(6)18-32(40(12,13)14)38(44)28(30)8/h17-18,23-24,33-34,43-44H,15-16,19-22H2,1-14H3. The van der Waals surface area contributed by atoms with Crippen LogP contribution in [0.15, 0.2) is 12.1 Å². The average molecular weight is 703 g/mol. The third kappa shape index (κ3) is 10.0. The van der Waals surface area contributed by atoms with Crippen LogP contribution in [-0.4, -0.2) is 41.1 Å². The summed E-state index contributed by atoms with van der Waals surface area (Å²) in [6, 6.07) is 3.81. The summed E-state index contributed by atoms with van der Waals surface area (Å²) in [6.45, 7) is 26.7. The highest BCUT2D eigenvalue weighted by Crippen LogP contribution is 2.38. The van der Waals surface area contributed by atoms with Gasteiger partial charge in [-0.25, -0.2) is 8.42 Å². The molecule has 0 aliphatic heterocycles. The van der Waals surface area contributed by atoms with Crippen LogP contribution in [-0.2, 0) is 52.9 Å². The zero-order chi connectivity index (χ0) is 37.8. The lowest BCUT2D eigenvalue weighted by Crippen LogP contribution is -2.42. The van der Waals surface area contributed by atoms with Gasteiger partial charge in [-0.3, -0.25) is 9.59 Å². The number of phenols is 2. The molecule has 2 aromatic carbocycles. The molecule has 0 bridgehead atoms. The molecule has 0 saturated carbocycles. The van der Waals surface area contributed by atoms with Crippen molar-refractivity contribution in [3.05, 3.63) is 56.6 Å². The van der Waals surface area contributed by atoms with E-state index in [1.807, 2.05) is 81.4 Å². The van der Waals surface area contributed by atoms with Crippen LogP contribution in [0.2, 0.25) is 0 Å². The molecule has 2 N–H and O–H groups in total. The Bertz CT molecular complexity index is 1490. The van der Waals surface area contributed by atoms with Gasteiger partial charge in [0.25, 0.3) is 0 Å². The first kappa shape index (κ1) is 42.1. The fourth-order valence-electron chi connectivity index (χ4n) is 6.40. The number of carbonyl (C=O) groups excluding carboxylic acids is 2. The van der Waals surface area contributed by atoms with Crippen molar-refractivity contribution >= 4 is 21.8 Å². The van der Waals surface area contributed by atoms with E-state index in [9.17, 15) is 28.2 Å². The number of hydrogen-bond acceptors (Lipinski definition) is 8. The molecule has 0 spiro atoms. The van der Waals surface area contributed by atoms with Crippen molar-refractivity contribution in [2.24, 2.45) is 11.8 Å². The van der Waals surface area contributed by atoms with Gasteiger partial charge < -0.3 is 19.7 Å². The van der Waals surface area contributed by atoms with Gasteiger partial charge in [-0.05, 0) is 94.9 Å². The van der Waals surface area contributed by atoms with E-state index < -0.39 is 32.3 Å². The minimum absolute atomic E-state index is 0.0893. The van der Waals surface area contributed by atoms with E-state index in [-0.39, 0.29) is 60.2 Å². The molecule has 9 heteroatoms. The van der Waals surface area contributed by atoms with Gasteiger partial charge in [0.1, 0.15) is 24.7 Å². The van der Waals surface area contributed by atoms with Crippen molar-refractivity contribution in [2.75, 3.05) is 0 Å². The molecule has 2 rings (SSSR count). The van der Waals surface area contributed by atoms with Gasteiger partial charge in [-0.2, -0.15) is 0 Å². The Kier molecular flexibility index (Phi) is 14.0. The van der Waals surface area contributed by atoms with Crippen LogP contribution in [0, 0.1) is 39.5 Å². The Labute approximate surface area is 295 Å². The molecular formula is C40H62O8S. The molecule has 0 amide bonds. The smallest absolute Gasteiger partial charge is 0.307 e. The second kappa shape index (κ2) is 16.3. The third-order valence-electron chi connectivity index (χ3n) is 10.3. The number of esters is 2. The van der Waals surface area contributed by atoms with E-state index in [2.05, 4.69) is 0 Å². The number of rotatable bonds is 14. The van der Waals surface area contributed by atoms with Crippen molar-refractivity contribution in [1.29, 1.82) is 0 Å². The maximum absolute atomic E-state index is 14.3. The highest BCUT2D eigenvalue weighted by molar-refractivity contribution is 7.92. The van der Waals surface area contributed by atoms with E-state index in [1.54, 1.807) is 27.7 Å². The van der Waals surface area contributed by atoms with Crippen LogP contribution >= 0.6 is 0 Å². The largest absolute Gasteiger partial charge is 0.507 e. The molecule has 0 aliphatic rings. The van der Waals surface area contributed by atoms with Crippen LogP contribution in [0.3, 0.4) is 0 Å². The fraction of sp³-hybridized carbons (Fsp3) is 0.650. The van der Waals surface area contributed by atoms with Gasteiger partial charge in [0.15, 0.2) is 9.84 Å². The average Bonchev–Trinajstić information content (AvgIpc) is 2.99. The number of benzene rings is 2. The SMILES string of the molecule is CCC(C)C(CC(=O)OCc1c(C)cc(C(C)(C)C)c(O)c1C)S(=O)(=O)C(CC(=O)OCc1c(C)cc(C(C)(C)C)c(O)c1C)C(C)CC. The van der Waals surface area contributed by atoms with Crippen LogP contribution < -0.4 is 0 Å². The van der Waals surface area contributed by atoms with Crippen molar-refractivity contribution in [3.8, 4) is 11.5 Å². The lowest BCUT2D eigenvalue weighted by atomic mass is 9.83. The van der Waals surface area contributed by atoms with Crippen LogP contribution in [0.5, 0.6) is 11.5 Å². The molecule has 0 radical (unpaired) electrons. The first-order valence-electron chi connectivity index (χ1n) is 17.6. The second-order valence-corrected chi connectivity index (χ2v) is 18.4. The molecule has 2 aromatic rings. The molecular weight excluding hydrogens is 640 g/mol. The van der Waals surface area contributed by atoms with Gasteiger partial charge in [-0.1, -0.05) is 94.2 Å². The van der Waals surface area contributed by atoms with Crippen LogP contribution in [0.4, 0.5) is 0 Å². The number of sulfone groups is 1. The Hall–Kier alpha value is -3.07. The maximum atomic E-state index is 14.3. The normalized spacial score (nSPS) is 15.0. The second-order valence-electron chi connectivity index (χ2n) is 16.1. The lowest BCUT2D eigenvalue weighted by Gasteiger charge is -2.30. The monoisotopic (exact) mass is 702 g/mol. The molecule has 49 heavy (non-hydrogen) atoms. The lowest BCUT2D eigenvalue weighted by molar-refractivity contribution is -0.145. The van der Waals surface area contributed by atoms with Crippen molar-refractivity contribution in [3.63, 3.8) is 0 Å². The van der Waals surface area contributed by atoms with Gasteiger partial charge in [0.05, 0.1) is 23.3 Å². The molecule has 0 heterocycles. The Balaban J connectivity index is 2.30. The van der Waals surface area contributed by atoms with E-state index >= 15 is 0 Å². The Morgan fingerprint density at radius 3 is 1.24 bits per heavy atom. The summed E-state index contributed by atoms with van der Waals surface area (Å²) in [5, 5.41) is 19.7. The minimum atomic E-state index is -4.01. The van der Waals surface area contributed by atoms with Crippen LogP contribution in [0.25, 0.3) is 0 Å². The number of hydrogen-bond donors (Lipinski definition) is 2. The summed E-state index contributed by atoms with van der Waals surface area (Å²) < 4.78 is 40.0. The van der Waals surface area contributed by atoms with Crippen molar-refractivity contribution < 1.29 is 37.7 Å². The molecule has 0 aliphatic carbocycles. The molecule has 0 fully saturated rings. The molecule has 4 unspecified atom stereocenters.